The van der Waals surface area contributed by atoms with E-state index in [4.69, 9.17) is 10.5 Å². The van der Waals surface area contributed by atoms with Crippen molar-refractivity contribution in [2.45, 2.75) is 31.1 Å². The highest BCUT2D eigenvalue weighted by molar-refractivity contribution is 7.92. The van der Waals surface area contributed by atoms with Gasteiger partial charge in [0.05, 0.1) is 17.7 Å². The van der Waals surface area contributed by atoms with Gasteiger partial charge in [0.1, 0.15) is 5.75 Å². The smallest absolute Gasteiger partial charge is 0.262 e. The van der Waals surface area contributed by atoms with Gasteiger partial charge in [0, 0.05) is 5.56 Å². The number of nitrogens with one attached hydrogen (secondary N) is 1. The molecule has 7 heteroatoms. The van der Waals surface area contributed by atoms with Crippen LogP contribution in [0.15, 0.2) is 47.4 Å². The summed E-state index contributed by atoms with van der Waals surface area (Å²) in [5.41, 5.74) is 6.54. The first-order chi connectivity index (χ1) is 11.5. The van der Waals surface area contributed by atoms with Gasteiger partial charge in [-0.25, -0.2) is 8.42 Å². The highest BCUT2D eigenvalue weighted by Crippen LogP contribution is 2.29. The largest absolute Gasteiger partial charge is 0.495 e. The summed E-state index contributed by atoms with van der Waals surface area (Å²) in [6.07, 6.45) is 0. The normalized spacial score (nSPS) is 11.8. The quantitative estimate of drug-likeness (QED) is 0.854. The Hall–Kier alpha value is -2.54. The summed E-state index contributed by atoms with van der Waals surface area (Å²) in [4.78, 5) is 11.4. The lowest BCUT2D eigenvalue weighted by Gasteiger charge is -2.19. The maximum Gasteiger partial charge on any atom is 0.262 e. The molecule has 0 fully saturated rings. The molecule has 134 valence electrons. The second-order valence-electron chi connectivity index (χ2n) is 6.66. The fourth-order valence-corrected chi connectivity index (χ4v) is 3.34. The standard InChI is InChI=1S/C18H22N2O4S/c1-18(2,3)13-6-8-14(9-7-13)25(22,23)20-15-11-12(17(19)21)5-10-16(15)24-4/h5-11,20H,1-4H3,(H2,19,21). The van der Waals surface area contributed by atoms with E-state index in [0.717, 1.165) is 5.56 Å². The number of primary amides is 1. The summed E-state index contributed by atoms with van der Waals surface area (Å²) in [6, 6.07) is 11.0. The molecular formula is C18H22N2O4S. The minimum absolute atomic E-state index is 0.0746. The van der Waals surface area contributed by atoms with Crippen molar-refractivity contribution in [1.82, 2.24) is 0 Å². The summed E-state index contributed by atoms with van der Waals surface area (Å²) >= 11 is 0. The molecule has 0 heterocycles. The number of nitrogens with two attached hydrogens (primary N) is 1. The van der Waals surface area contributed by atoms with E-state index < -0.39 is 15.9 Å². The van der Waals surface area contributed by atoms with Gasteiger partial charge < -0.3 is 10.5 Å². The van der Waals surface area contributed by atoms with Crippen LogP contribution < -0.4 is 15.2 Å². The van der Waals surface area contributed by atoms with Gasteiger partial charge in [-0.05, 0) is 41.3 Å². The number of rotatable bonds is 5. The first-order valence-electron chi connectivity index (χ1n) is 7.66. The second-order valence-corrected chi connectivity index (χ2v) is 8.34. The van der Waals surface area contributed by atoms with E-state index in [1.165, 1.54) is 25.3 Å². The summed E-state index contributed by atoms with van der Waals surface area (Å²) < 4.78 is 32.9. The predicted molar refractivity (Wildman–Crippen MR) is 97.5 cm³/mol. The van der Waals surface area contributed by atoms with E-state index >= 15 is 0 Å². The molecule has 0 unspecified atom stereocenters. The molecule has 0 aliphatic carbocycles. The molecule has 0 radical (unpaired) electrons. The van der Waals surface area contributed by atoms with Gasteiger partial charge in [-0.15, -0.1) is 0 Å². The first-order valence-corrected chi connectivity index (χ1v) is 9.14. The van der Waals surface area contributed by atoms with Crippen molar-refractivity contribution in [3.8, 4) is 5.75 Å². The lowest BCUT2D eigenvalue weighted by Crippen LogP contribution is -2.16. The molecule has 0 aliphatic heterocycles. The number of benzene rings is 2. The lowest BCUT2D eigenvalue weighted by atomic mass is 9.87. The third-order valence-electron chi connectivity index (χ3n) is 3.76. The molecule has 2 aromatic carbocycles. The highest BCUT2D eigenvalue weighted by Gasteiger charge is 2.19. The molecule has 0 aromatic heterocycles. The van der Waals surface area contributed by atoms with Crippen LogP contribution in [0.3, 0.4) is 0 Å². The van der Waals surface area contributed by atoms with Crippen molar-refractivity contribution < 1.29 is 17.9 Å². The Labute approximate surface area is 148 Å². The van der Waals surface area contributed by atoms with E-state index in [1.807, 2.05) is 0 Å². The van der Waals surface area contributed by atoms with Gasteiger partial charge in [-0.2, -0.15) is 0 Å². The maximum atomic E-state index is 12.6. The summed E-state index contributed by atoms with van der Waals surface area (Å²) in [5.74, 6) is -0.363. The molecule has 6 nitrogen and oxygen atoms in total. The zero-order valence-electron chi connectivity index (χ0n) is 14.7. The Morgan fingerprint density at radius 1 is 1.08 bits per heavy atom. The summed E-state index contributed by atoms with van der Waals surface area (Å²) in [5, 5.41) is 0. The van der Waals surface area contributed by atoms with E-state index in [9.17, 15) is 13.2 Å². The topological polar surface area (TPSA) is 98.5 Å². The molecular weight excluding hydrogens is 340 g/mol. The van der Waals surface area contributed by atoms with Crippen molar-refractivity contribution in [3.05, 3.63) is 53.6 Å². The van der Waals surface area contributed by atoms with Gasteiger partial charge in [0.25, 0.3) is 10.0 Å². The van der Waals surface area contributed by atoms with Gasteiger partial charge in [-0.3, -0.25) is 9.52 Å². The monoisotopic (exact) mass is 362 g/mol. The van der Waals surface area contributed by atoms with E-state index in [1.54, 1.807) is 24.3 Å². The van der Waals surface area contributed by atoms with Gasteiger partial charge in [-0.1, -0.05) is 32.9 Å². The number of anilines is 1. The first kappa shape index (κ1) is 18.8. The number of amides is 1. The third-order valence-corrected chi connectivity index (χ3v) is 5.14. The van der Waals surface area contributed by atoms with Gasteiger partial charge >= 0.3 is 0 Å². The summed E-state index contributed by atoms with van der Waals surface area (Å²) in [7, 11) is -2.42. The van der Waals surface area contributed by atoms with Gasteiger partial charge in [0.15, 0.2) is 0 Å². The molecule has 25 heavy (non-hydrogen) atoms. The number of sulfonamides is 1. The number of methoxy groups -OCH3 is 1. The number of ether oxygens (including phenoxy) is 1. The third kappa shape index (κ3) is 4.30. The Bertz CT molecular complexity index is 882. The van der Waals surface area contributed by atoms with Crippen LogP contribution in [-0.4, -0.2) is 21.4 Å². The van der Waals surface area contributed by atoms with E-state index in [2.05, 4.69) is 25.5 Å². The molecule has 0 atom stereocenters. The Morgan fingerprint density at radius 2 is 1.68 bits per heavy atom. The van der Waals surface area contributed by atoms with Crippen molar-refractivity contribution in [2.24, 2.45) is 5.73 Å². The zero-order valence-corrected chi connectivity index (χ0v) is 15.5. The van der Waals surface area contributed by atoms with Crippen molar-refractivity contribution in [3.63, 3.8) is 0 Å². The molecule has 0 bridgehead atoms. The minimum atomic E-state index is -3.83. The molecule has 0 saturated heterocycles. The van der Waals surface area contributed by atoms with Crippen LogP contribution in [-0.2, 0) is 15.4 Å². The Morgan fingerprint density at radius 3 is 2.16 bits per heavy atom. The molecule has 2 rings (SSSR count). The van der Waals surface area contributed by atoms with Crippen LogP contribution in [0.1, 0.15) is 36.7 Å². The number of carbonyl (C=O) groups is 1. The SMILES string of the molecule is COc1ccc(C(N)=O)cc1NS(=O)(=O)c1ccc(C(C)(C)C)cc1. The van der Waals surface area contributed by atoms with Crippen LogP contribution in [0.2, 0.25) is 0 Å². The van der Waals surface area contributed by atoms with E-state index in [0.29, 0.717) is 5.75 Å². The average Bonchev–Trinajstić information content (AvgIpc) is 2.53. The highest BCUT2D eigenvalue weighted by atomic mass is 32.2. The predicted octanol–water partition coefficient (Wildman–Crippen LogP) is 2.89. The maximum absolute atomic E-state index is 12.6. The van der Waals surface area contributed by atoms with Crippen molar-refractivity contribution >= 4 is 21.6 Å². The molecule has 2 aromatic rings. The second kappa shape index (κ2) is 6.76. The Kier molecular flexibility index (Phi) is 5.08. The average molecular weight is 362 g/mol. The molecule has 0 aliphatic rings. The molecule has 1 amide bonds. The summed E-state index contributed by atoms with van der Waals surface area (Å²) in [6.45, 7) is 6.15. The molecule has 0 saturated carbocycles. The Balaban J connectivity index is 2.38. The lowest BCUT2D eigenvalue weighted by molar-refractivity contribution is 0.100. The fraction of sp³-hybridized carbons (Fsp3) is 0.278. The van der Waals surface area contributed by atoms with Gasteiger partial charge in [0.2, 0.25) is 5.91 Å². The van der Waals surface area contributed by atoms with Crippen molar-refractivity contribution in [2.75, 3.05) is 11.8 Å². The van der Waals surface area contributed by atoms with Crippen LogP contribution in [0.25, 0.3) is 0 Å². The number of hydrogen-bond acceptors (Lipinski definition) is 4. The molecule has 0 spiro atoms. The zero-order chi connectivity index (χ0) is 18.8. The van der Waals surface area contributed by atoms with Crippen molar-refractivity contribution in [1.29, 1.82) is 0 Å². The number of hydrogen-bond donors (Lipinski definition) is 2. The number of carbonyl (C=O) groups excluding carboxylic acids is 1. The van der Waals surface area contributed by atoms with Crippen LogP contribution in [0.5, 0.6) is 5.75 Å². The van der Waals surface area contributed by atoms with Crippen LogP contribution in [0, 0.1) is 0 Å². The van der Waals surface area contributed by atoms with Crippen LogP contribution in [0.4, 0.5) is 5.69 Å². The minimum Gasteiger partial charge on any atom is -0.495 e. The van der Waals surface area contributed by atoms with Crippen LogP contribution >= 0.6 is 0 Å². The fourth-order valence-electron chi connectivity index (χ4n) is 2.28. The molecule has 3 N–H and O–H groups in total. The van der Waals surface area contributed by atoms with E-state index in [-0.39, 0.29) is 21.6 Å².